The fourth-order valence-electron chi connectivity index (χ4n) is 2.33. The van der Waals surface area contributed by atoms with E-state index in [1.54, 1.807) is 0 Å². The maximum atomic E-state index is 3.70. The van der Waals surface area contributed by atoms with Crippen molar-refractivity contribution in [2.45, 2.75) is 49.3 Å². The lowest BCUT2D eigenvalue weighted by Gasteiger charge is -2.20. The average Bonchev–Trinajstić information content (AvgIpc) is 2.65. The second-order valence-corrected chi connectivity index (χ2v) is 5.70. The second-order valence-electron chi connectivity index (χ2n) is 4.41. The monoisotopic (exact) mass is 235 g/mol. The Balaban J connectivity index is 2.14. The van der Waals surface area contributed by atoms with Crippen molar-refractivity contribution < 1.29 is 0 Å². The van der Waals surface area contributed by atoms with Gasteiger partial charge in [-0.05, 0) is 31.0 Å². The normalized spacial score (nSPS) is 23.4. The van der Waals surface area contributed by atoms with Crippen molar-refractivity contribution in [3.05, 3.63) is 29.8 Å². The third-order valence-corrected chi connectivity index (χ3v) is 4.53. The molecule has 1 N–H and O–H groups in total. The Hall–Kier alpha value is -0.470. The van der Waals surface area contributed by atoms with Crippen molar-refractivity contribution in [2.24, 2.45) is 0 Å². The Labute approximate surface area is 103 Å². The molecular weight excluding hydrogens is 214 g/mol. The van der Waals surface area contributed by atoms with Crippen LogP contribution in [-0.4, -0.2) is 11.8 Å². The zero-order valence-electron chi connectivity index (χ0n) is 10.2. The van der Waals surface area contributed by atoms with Gasteiger partial charge in [-0.2, -0.15) is 0 Å². The molecular formula is C14H21NS. The van der Waals surface area contributed by atoms with Gasteiger partial charge >= 0.3 is 0 Å². The number of fused-ring (bicyclic) bond motifs is 1. The van der Waals surface area contributed by atoms with Crippen molar-refractivity contribution in [1.82, 2.24) is 5.32 Å². The van der Waals surface area contributed by atoms with E-state index < -0.39 is 0 Å². The van der Waals surface area contributed by atoms with Gasteiger partial charge in [-0.25, -0.2) is 0 Å². The Bertz CT molecular complexity index is 337. The Morgan fingerprint density at radius 1 is 1.19 bits per heavy atom. The first-order valence-corrected chi connectivity index (χ1v) is 7.23. The van der Waals surface area contributed by atoms with Crippen LogP contribution in [0.4, 0.5) is 0 Å². The predicted molar refractivity (Wildman–Crippen MR) is 72.0 cm³/mol. The molecule has 2 rings (SSSR count). The summed E-state index contributed by atoms with van der Waals surface area (Å²) in [5.41, 5.74) is 1.51. The molecule has 0 radical (unpaired) electrons. The van der Waals surface area contributed by atoms with Gasteiger partial charge < -0.3 is 5.32 Å². The van der Waals surface area contributed by atoms with Gasteiger partial charge in [-0.1, -0.05) is 38.5 Å². The maximum Gasteiger partial charge on any atom is 0.0455 e. The summed E-state index contributed by atoms with van der Waals surface area (Å²) in [7, 11) is 0. The molecule has 1 aromatic rings. The molecule has 1 aliphatic rings. The summed E-state index contributed by atoms with van der Waals surface area (Å²) in [4.78, 5) is 1.48. The van der Waals surface area contributed by atoms with E-state index in [0.29, 0.717) is 6.04 Å². The fourth-order valence-corrected chi connectivity index (χ4v) is 3.87. The summed E-state index contributed by atoms with van der Waals surface area (Å²) in [6, 6.07) is 9.42. The molecule has 0 saturated heterocycles. The predicted octanol–water partition coefficient (Wildman–Crippen LogP) is 4.00. The van der Waals surface area contributed by atoms with Gasteiger partial charge in [0.1, 0.15) is 0 Å². The smallest absolute Gasteiger partial charge is 0.0455 e. The zero-order chi connectivity index (χ0) is 11.4. The van der Waals surface area contributed by atoms with Crippen LogP contribution in [0, 0.1) is 0 Å². The molecule has 0 saturated carbocycles. The van der Waals surface area contributed by atoms with Gasteiger partial charge in [0.05, 0.1) is 0 Å². The number of benzene rings is 1. The van der Waals surface area contributed by atoms with E-state index in [2.05, 4.69) is 55.2 Å². The van der Waals surface area contributed by atoms with Gasteiger partial charge in [0.15, 0.2) is 0 Å². The van der Waals surface area contributed by atoms with Gasteiger partial charge in [0.25, 0.3) is 0 Å². The third-order valence-electron chi connectivity index (χ3n) is 3.09. The summed E-state index contributed by atoms with van der Waals surface area (Å²) in [5.74, 6) is 0. The van der Waals surface area contributed by atoms with Crippen molar-refractivity contribution in [3.63, 3.8) is 0 Å². The number of thioether (sulfide) groups is 1. The van der Waals surface area contributed by atoms with E-state index in [0.717, 1.165) is 11.8 Å². The van der Waals surface area contributed by atoms with Gasteiger partial charge in [-0.15, -0.1) is 11.8 Å². The van der Waals surface area contributed by atoms with Crippen LogP contribution < -0.4 is 5.32 Å². The van der Waals surface area contributed by atoms with Crippen LogP contribution in [0.3, 0.4) is 0 Å². The summed E-state index contributed by atoms with van der Waals surface area (Å²) in [5, 5.41) is 4.43. The first-order chi connectivity index (χ1) is 7.86. The summed E-state index contributed by atoms with van der Waals surface area (Å²) >= 11 is 2.06. The lowest BCUT2D eigenvalue weighted by molar-refractivity contribution is 0.498. The number of hydrogen-bond donors (Lipinski definition) is 1. The molecule has 1 nitrogen and oxygen atoms in total. The molecule has 2 heteroatoms. The van der Waals surface area contributed by atoms with Crippen LogP contribution in [0.2, 0.25) is 0 Å². The molecule has 0 spiro atoms. The fraction of sp³-hybridized carbons (Fsp3) is 0.571. The van der Waals surface area contributed by atoms with Crippen molar-refractivity contribution in [1.29, 1.82) is 0 Å². The van der Waals surface area contributed by atoms with Gasteiger partial charge in [0, 0.05) is 16.2 Å². The van der Waals surface area contributed by atoms with Crippen molar-refractivity contribution in [2.75, 3.05) is 6.54 Å². The topological polar surface area (TPSA) is 12.0 Å². The van der Waals surface area contributed by atoms with Crippen LogP contribution in [0.5, 0.6) is 0 Å². The van der Waals surface area contributed by atoms with Gasteiger partial charge in [-0.3, -0.25) is 0 Å². The Morgan fingerprint density at radius 3 is 2.75 bits per heavy atom. The first kappa shape index (κ1) is 12.0. The molecule has 0 aliphatic carbocycles. The zero-order valence-corrected chi connectivity index (χ0v) is 11.0. The second kappa shape index (κ2) is 5.74. The highest BCUT2D eigenvalue weighted by Gasteiger charge is 2.31. The SMILES string of the molecule is CCCNC1c2ccccc2SC1CCC. The number of rotatable bonds is 5. The molecule has 1 heterocycles. The number of hydrogen-bond acceptors (Lipinski definition) is 2. The van der Waals surface area contributed by atoms with E-state index in [1.165, 1.54) is 29.7 Å². The number of nitrogens with one attached hydrogen (secondary N) is 1. The minimum absolute atomic E-state index is 0.570. The molecule has 0 amide bonds. The van der Waals surface area contributed by atoms with Gasteiger partial charge in [0.2, 0.25) is 0 Å². The van der Waals surface area contributed by atoms with E-state index in [4.69, 9.17) is 0 Å². The van der Waals surface area contributed by atoms with E-state index in [1.807, 2.05) is 0 Å². The van der Waals surface area contributed by atoms with Crippen LogP contribution in [-0.2, 0) is 0 Å². The highest BCUT2D eigenvalue weighted by molar-refractivity contribution is 8.00. The molecule has 0 bridgehead atoms. The minimum Gasteiger partial charge on any atom is -0.309 e. The molecule has 0 aromatic heterocycles. The molecule has 1 aromatic carbocycles. The average molecular weight is 235 g/mol. The largest absolute Gasteiger partial charge is 0.309 e. The van der Waals surface area contributed by atoms with Crippen LogP contribution >= 0.6 is 11.8 Å². The maximum absolute atomic E-state index is 3.70. The lowest BCUT2D eigenvalue weighted by Crippen LogP contribution is -2.27. The quantitative estimate of drug-likeness (QED) is 0.828. The van der Waals surface area contributed by atoms with Crippen molar-refractivity contribution in [3.8, 4) is 0 Å². The highest BCUT2D eigenvalue weighted by atomic mass is 32.2. The molecule has 0 fully saturated rings. The van der Waals surface area contributed by atoms with E-state index in [9.17, 15) is 0 Å². The van der Waals surface area contributed by atoms with E-state index >= 15 is 0 Å². The molecule has 2 unspecified atom stereocenters. The molecule has 2 atom stereocenters. The van der Waals surface area contributed by atoms with E-state index in [-0.39, 0.29) is 0 Å². The molecule has 1 aliphatic heterocycles. The lowest BCUT2D eigenvalue weighted by atomic mass is 10.0. The summed E-state index contributed by atoms with van der Waals surface area (Å²) in [6.07, 6.45) is 3.79. The van der Waals surface area contributed by atoms with Crippen LogP contribution in [0.1, 0.15) is 44.7 Å². The summed E-state index contributed by atoms with van der Waals surface area (Å²) < 4.78 is 0. The first-order valence-electron chi connectivity index (χ1n) is 6.35. The van der Waals surface area contributed by atoms with Crippen LogP contribution in [0.25, 0.3) is 0 Å². The van der Waals surface area contributed by atoms with Crippen molar-refractivity contribution >= 4 is 11.8 Å². The molecule has 88 valence electrons. The Morgan fingerprint density at radius 2 is 2.00 bits per heavy atom. The standard InChI is InChI=1S/C14H21NS/c1-3-7-13-14(15-10-4-2)11-8-5-6-9-12(11)16-13/h5-6,8-9,13-15H,3-4,7,10H2,1-2H3. The molecule has 16 heavy (non-hydrogen) atoms. The summed E-state index contributed by atoms with van der Waals surface area (Å²) in [6.45, 7) is 5.63. The Kier molecular flexibility index (Phi) is 4.30. The minimum atomic E-state index is 0.570. The van der Waals surface area contributed by atoms with Crippen LogP contribution in [0.15, 0.2) is 29.2 Å². The highest BCUT2D eigenvalue weighted by Crippen LogP contribution is 2.45. The third kappa shape index (κ3) is 2.44.